The van der Waals surface area contributed by atoms with Crippen molar-refractivity contribution in [3.63, 3.8) is 0 Å². The Morgan fingerprint density at radius 1 is 0.903 bits per heavy atom. The molecule has 1 heterocycles. The van der Waals surface area contributed by atoms with E-state index in [0.717, 1.165) is 17.7 Å². The molecule has 0 atom stereocenters. The Hall–Kier alpha value is -2.53. The van der Waals surface area contributed by atoms with E-state index in [2.05, 4.69) is 18.7 Å². The summed E-state index contributed by atoms with van der Waals surface area (Å²) in [4.78, 5) is 32.1. The topological polar surface area (TPSA) is 40.6 Å². The average molecular weight is 435 g/mol. The highest BCUT2D eigenvalue weighted by atomic mass is 32.2. The van der Waals surface area contributed by atoms with Gasteiger partial charge in [-0.05, 0) is 48.6 Å². The molecule has 2 aliphatic rings. The summed E-state index contributed by atoms with van der Waals surface area (Å²) in [6.07, 6.45) is 5.72. The van der Waals surface area contributed by atoms with Gasteiger partial charge in [-0.3, -0.25) is 9.59 Å². The third-order valence-electron chi connectivity index (χ3n) is 6.27. The van der Waals surface area contributed by atoms with E-state index < -0.39 is 0 Å². The van der Waals surface area contributed by atoms with E-state index in [0.29, 0.717) is 28.2 Å². The van der Waals surface area contributed by atoms with Crippen molar-refractivity contribution in [2.75, 3.05) is 11.9 Å². The molecule has 0 spiro atoms. The second kappa shape index (κ2) is 9.31. The zero-order valence-corrected chi connectivity index (χ0v) is 19.3. The van der Waals surface area contributed by atoms with Crippen molar-refractivity contribution in [3.05, 3.63) is 70.8 Å². The van der Waals surface area contributed by atoms with Gasteiger partial charge in [-0.1, -0.05) is 75.2 Å². The van der Waals surface area contributed by atoms with E-state index in [9.17, 15) is 9.59 Å². The van der Waals surface area contributed by atoms with Gasteiger partial charge >= 0.3 is 0 Å². The highest BCUT2D eigenvalue weighted by Gasteiger charge is 2.43. The molecule has 2 aromatic rings. The van der Waals surface area contributed by atoms with Crippen molar-refractivity contribution < 1.29 is 9.59 Å². The van der Waals surface area contributed by atoms with Crippen LogP contribution in [0.4, 0.5) is 5.69 Å². The Balaban J connectivity index is 1.70. The molecule has 2 amide bonds. The van der Waals surface area contributed by atoms with Crippen LogP contribution in [0.15, 0.2) is 70.1 Å². The summed E-state index contributed by atoms with van der Waals surface area (Å²) >= 11 is 1.40. The monoisotopic (exact) mass is 434 g/mol. The SMILES string of the molecule is CC(C)c1ccc(N2C(=O)C(Sc3ccccc3)=C(N(C)C3CCCCC3)C2=O)cc1. The van der Waals surface area contributed by atoms with Crippen LogP contribution in [0.25, 0.3) is 0 Å². The smallest absolute Gasteiger partial charge is 0.283 e. The van der Waals surface area contributed by atoms with Gasteiger partial charge < -0.3 is 4.90 Å². The first-order chi connectivity index (χ1) is 15.0. The number of imide groups is 1. The molecule has 0 N–H and O–H groups in total. The van der Waals surface area contributed by atoms with E-state index >= 15 is 0 Å². The summed E-state index contributed by atoms with van der Waals surface area (Å²) in [5, 5.41) is 0. The number of amides is 2. The van der Waals surface area contributed by atoms with Crippen LogP contribution in [-0.4, -0.2) is 29.8 Å². The molecule has 1 fully saturated rings. The van der Waals surface area contributed by atoms with Gasteiger partial charge in [-0.15, -0.1) is 0 Å². The summed E-state index contributed by atoms with van der Waals surface area (Å²) in [6, 6.07) is 17.9. The van der Waals surface area contributed by atoms with Crippen LogP contribution in [-0.2, 0) is 9.59 Å². The maximum atomic E-state index is 13.6. The van der Waals surface area contributed by atoms with Crippen LogP contribution < -0.4 is 4.90 Å². The second-order valence-electron chi connectivity index (χ2n) is 8.69. The molecule has 31 heavy (non-hydrogen) atoms. The lowest BCUT2D eigenvalue weighted by Crippen LogP contribution is -2.38. The molecule has 0 bridgehead atoms. The van der Waals surface area contributed by atoms with Gasteiger partial charge in [0.05, 0.1) is 5.69 Å². The van der Waals surface area contributed by atoms with Gasteiger partial charge in [0.2, 0.25) is 0 Å². The van der Waals surface area contributed by atoms with Crippen LogP contribution >= 0.6 is 11.8 Å². The van der Waals surface area contributed by atoms with Gasteiger partial charge in [-0.2, -0.15) is 0 Å². The standard InChI is InChI=1S/C26H30N2O2S/c1-18(2)19-14-16-21(17-15-19)28-25(29)23(27(3)20-10-6-4-7-11-20)24(26(28)30)31-22-12-8-5-9-13-22/h5,8-9,12-18,20H,4,6-7,10-11H2,1-3H3. The minimum atomic E-state index is -0.228. The second-order valence-corrected chi connectivity index (χ2v) is 9.77. The predicted molar refractivity (Wildman–Crippen MR) is 127 cm³/mol. The maximum absolute atomic E-state index is 13.6. The fourth-order valence-electron chi connectivity index (χ4n) is 4.40. The lowest BCUT2D eigenvalue weighted by Gasteiger charge is -2.33. The molecule has 0 unspecified atom stereocenters. The number of carbonyl (C=O) groups is 2. The van der Waals surface area contributed by atoms with E-state index in [-0.39, 0.29) is 11.8 Å². The first-order valence-corrected chi connectivity index (χ1v) is 12.0. The molecular formula is C26H30N2O2S. The molecule has 4 rings (SSSR count). The fraction of sp³-hybridized carbons (Fsp3) is 0.385. The summed E-state index contributed by atoms with van der Waals surface area (Å²) in [6.45, 7) is 4.27. The first kappa shape index (κ1) is 21.7. The molecule has 0 radical (unpaired) electrons. The number of nitrogens with zero attached hydrogens (tertiary/aromatic N) is 2. The van der Waals surface area contributed by atoms with Gasteiger partial charge in [0, 0.05) is 18.0 Å². The van der Waals surface area contributed by atoms with Crippen LogP contribution in [0.5, 0.6) is 0 Å². The van der Waals surface area contributed by atoms with Gasteiger partial charge in [0.25, 0.3) is 11.8 Å². The number of hydrogen-bond acceptors (Lipinski definition) is 4. The summed E-state index contributed by atoms with van der Waals surface area (Å²) < 4.78 is 0. The Kier molecular flexibility index (Phi) is 6.51. The zero-order chi connectivity index (χ0) is 22.0. The molecular weight excluding hydrogens is 404 g/mol. The number of likely N-dealkylation sites (N-methyl/N-ethyl adjacent to an activating group) is 1. The summed E-state index contributed by atoms with van der Waals surface area (Å²) in [7, 11) is 1.98. The van der Waals surface area contributed by atoms with Crippen molar-refractivity contribution in [1.82, 2.24) is 4.90 Å². The minimum Gasteiger partial charge on any atom is -0.366 e. The number of rotatable bonds is 6. The fourth-order valence-corrected chi connectivity index (χ4v) is 5.44. The Labute approximate surface area is 189 Å². The third kappa shape index (κ3) is 4.42. The summed E-state index contributed by atoms with van der Waals surface area (Å²) in [5.41, 5.74) is 2.37. The van der Waals surface area contributed by atoms with Crippen LogP contribution in [0.2, 0.25) is 0 Å². The van der Waals surface area contributed by atoms with Gasteiger partial charge in [-0.25, -0.2) is 4.90 Å². The zero-order valence-electron chi connectivity index (χ0n) is 18.5. The number of anilines is 1. The van der Waals surface area contributed by atoms with Crippen molar-refractivity contribution >= 4 is 29.3 Å². The Bertz CT molecular complexity index is 976. The van der Waals surface area contributed by atoms with Crippen molar-refractivity contribution in [3.8, 4) is 0 Å². The van der Waals surface area contributed by atoms with Crippen molar-refractivity contribution in [2.45, 2.75) is 62.8 Å². The predicted octanol–water partition coefficient (Wildman–Crippen LogP) is 5.95. The molecule has 1 aliphatic heterocycles. The van der Waals surface area contributed by atoms with Gasteiger partial charge in [0.1, 0.15) is 10.6 Å². The normalized spacial score (nSPS) is 17.7. The minimum absolute atomic E-state index is 0.214. The molecule has 1 saturated carbocycles. The number of hydrogen-bond donors (Lipinski definition) is 0. The molecule has 4 nitrogen and oxygen atoms in total. The molecule has 1 aliphatic carbocycles. The van der Waals surface area contributed by atoms with Crippen molar-refractivity contribution in [2.24, 2.45) is 0 Å². The Morgan fingerprint density at radius 2 is 1.55 bits per heavy atom. The van der Waals surface area contributed by atoms with E-state index in [1.165, 1.54) is 41.5 Å². The molecule has 162 valence electrons. The average Bonchev–Trinajstić information content (AvgIpc) is 3.04. The number of thioether (sulfide) groups is 1. The van der Waals surface area contributed by atoms with Crippen LogP contribution in [0, 0.1) is 0 Å². The third-order valence-corrected chi connectivity index (χ3v) is 7.35. The van der Waals surface area contributed by atoms with Gasteiger partial charge in [0.15, 0.2) is 0 Å². The molecule has 0 aromatic heterocycles. The molecule has 5 heteroatoms. The largest absolute Gasteiger partial charge is 0.366 e. The molecule has 2 aromatic carbocycles. The lowest BCUT2D eigenvalue weighted by atomic mass is 9.94. The Morgan fingerprint density at radius 3 is 2.16 bits per heavy atom. The van der Waals surface area contributed by atoms with E-state index in [1.54, 1.807) is 0 Å². The van der Waals surface area contributed by atoms with Crippen LogP contribution in [0.1, 0.15) is 57.4 Å². The maximum Gasteiger partial charge on any atom is 0.283 e. The highest BCUT2D eigenvalue weighted by molar-refractivity contribution is 8.04. The first-order valence-electron chi connectivity index (χ1n) is 11.2. The van der Waals surface area contributed by atoms with E-state index in [4.69, 9.17) is 0 Å². The highest BCUT2D eigenvalue weighted by Crippen LogP contribution is 2.40. The van der Waals surface area contributed by atoms with E-state index in [1.807, 2.05) is 61.6 Å². The van der Waals surface area contributed by atoms with Crippen LogP contribution in [0.3, 0.4) is 0 Å². The number of benzene rings is 2. The summed E-state index contributed by atoms with van der Waals surface area (Å²) in [5.74, 6) is -0.0445. The lowest BCUT2D eigenvalue weighted by molar-refractivity contribution is -0.121. The van der Waals surface area contributed by atoms with Crippen molar-refractivity contribution in [1.29, 1.82) is 0 Å². The molecule has 0 saturated heterocycles. The number of carbonyl (C=O) groups excluding carboxylic acids is 2. The quantitative estimate of drug-likeness (QED) is 0.527.